The van der Waals surface area contributed by atoms with E-state index < -0.39 is 16.6 Å². The predicted molar refractivity (Wildman–Crippen MR) is 121 cm³/mol. The van der Waals surface area contributed by atoms with Crippen LogP contribution < -0.4 is 20.5 Å². The summed E-state index contributed by atoms with van der Waals surface area (Å²) in [7, 11) is -3.73. The van der Waals surface area contributed by atoms with Crippen LogP contribution in [0.5, 0.6) is 5.75 Å². The minimum absolute atomic E-state index is 0. The van der Waals surface area contributed by atoms with E-state index in [9.17, 15) is 17.2 Å². The Morgan fingerprint density at radius 1 is 1.28 bits per heavy atom. The molecule has 4 N–H and O–H groups in total. The Bertz CT molecular complexity index is 937. The van der Waals surface area contributed by atoms with Crippen molar-refractivity contribution in [1.82, 2.24) is 10.6 Å². The number of sulfonamides is 1. The minimum atomic E-state index is -3.73. The maximum atomic E-state index is 12.6. The van der Waals surface area contributed by atoms with Crippen molar-refractivity contribution in [2.45, 2.75) is 37.8 Å². The molecule has 1 aromatic carbocycles. The van der Waals surface area contributed by atoms with Crippen LogP contribution in [0.2, 0.25) is 0 Å². The number of aryl methyl sites for hydroxylation is 1. The van der Waals surface area contributed by atoms with Gasteiger partial charge in [0, 0.05) is 17.0 Å². The summed E-state index contributed by atoms with van der Waals surface area (Å²) in [5.41, 5.74) is 1.43. The Morgan fingerprint density at radius 3 is 2.59 bits per heavy atom. The number of hydrogen-bond donors (Lipinski definition) is 3. The number of aliphatic imine (C=N–C) groups is 1. The van der Waals surface area contributed by atoms with Gasteiger partial charge in [0.05, 0.1) is 13.1 Å². The molecule has 0 aliphatic carbocycles. The fraction of sp³-hybridized carbons (Fsp3) is 0.353. The number of nitrogens with one attached hydrogen (secondary N) is 2. The first-order chi connectivity index (χ1) is 13.2. The van der Waals surface area contributed by atoms with Crippen LogP contribution in [0.4, 0.5) is 8.78 Å². The summed E-state index contributed by atoms with van der Waals surface area (Å²) in [6, 6.07) is 8.03. The summed E-state index contributed by atoms with van der Waals surface area (Å²) in [4.78, 5) is 5.15. The lowest BCUT2D eigenvalue weighted by Gasteiger charge is -2.13. The third kappa shape index (κ3) is 8.40. The molecule has 1 aromatic heterocycles. The average Bonchev–Trinajstić information content (AvgIpc) is 3.08. The molecule has 0 aliphatic rings. The second kappa shape index (κ2) is 11.6. The van der Waals surface area contributed by atoms with Gasteiger partial charge in [-0.15, -0.1) is 35.3 Å². The highest BCUT2D eigenvalue weighted by Gasteiger charge is 2.12. The minimum Gasteiger partial charge on any atom is -0.434 e. The zero-order valence-corrected chi connectivity index (χ0v) is 19.8. The fourth-order valence-corrected chi connectivity index (χ4v) is 4.04. The molecule has 0 saturated heterocycles. The van der Waals surface area contributed by atoms with Crippen LogP contribution in [0.25, 0.3) is 0 Å². The highest BCUT2D eigenvalue weighted by Crippen LogP contribution is 2.23. The molecule has 0 aliphatic heterocycles. The first kappa shape index (κ1) is 25.5. The summed E-state index contributed by atoms with van der Waals surface area (Å²) in [5.74, 6) is 0.536. The van der Waals surface area contributed by atoms with Gasteiger partial charge in [-0.05, 0) is 32.0 Å². The Balaban J connectivity index is 0.00000420. The number of thiophene rings is 1. The number of alkyl halides is 2. The molecule has 2 aromatic rings. The van der Waals surface area contributed by atoms with Gasteiger partial charge in [0.25, 0.3) is 0 Å². The van der Waals surface area contributed by atoms with Crippen molar-refractivity contribution in [2.24, 2.45) is 10.1 Å². The van der Waals surface area contributed by atoms with Gasteiger partial charge < -0.3 is 15.4 Å². The molecule has 2 rings (SSSR count). The van der Waals surface area contributed by atoms with Gasteiger partial charge in [-0.2, -0.15) is 8.78 Å². The molecule has 29 heavy (non-hydrogen) atoms. The van der Waals surface area contributed by atoms with E-state index >= 15 is 0 Å². The van der Waals surface area contributed by atoms with E-state index in [2.05, 4.69) is 20.4 Å². The first-order valence-corrected chi connectivity index (χ1v) is 10.7. The maximum absolute atomic E-state index is 12.6. The third-order valence-electron chi connectivity index (χ3n) is 3.53. The molecule has 0 atom stereocenters. The van der Waals surface area contributed by atoms with E-state index in [1.54, 1.807) is 18.2 Å². The largest absolute Gasteiger partial charge is 0.434 e. The SMILES string of the molecule is CCNC(=NCc1cc(C)ccc1OC(F)F)NCc1ccc(S(N)(=O)=O)s1.I. The second-order valence-corrected chi connectivity index (χ2v) is 8.76. The van der Waals surface area contributed by atoms with E-state index in [1.807, 2.05) is 13.8 Å². The van der Waals surface area contributed by atoms with Crippen molar-refractivity contribution < 1.29 is 21.9 Å². The van der Waals surface area contributed by atoms with E-state index in [0.29, 0.717) is 24.6 Å². The van der Waals surface area contributed by atoms with Gasteiger partial charge in [-0.25, -0.2) is 18.5 Å². The smallest absolute Gasteiger partial charge is 0.387 e. The molecule has 12 heteroatoms. The molecule has 0 spiro atoms. The highest BCUT2D eigenvalue weighted by molar-refractivity contribution is 14.0. The molecular weight excluding hydrogens is 537 g/mol. The topological polar surface area (TPSA) is 106 Å². The van der Waals surface area contributed by atoms with Gasteiger partial charge in [0.2, 0.25) is 10.0 Å². The van der Waals surface area contributed by atoms with Crippen molar-refractivity contribution in [1.29, 1.82) is 0 Å². The van der Waals surface area contributed by atoms with Gasteiger partial charge in [0.15, 0.2) is 5.96 Å². The Hall–Kier alpha value is -1.51. The highest BCUT2D eigenvalue weighted by atomic mass is 127. The lowest BCUT2D eigenvalue weighted by atomic mass is 10.1. The molecule has 1 heterocycles. The number of nitrogens with zero attached hydrogens (tertiary/aromatic N) is 1. The molecule has 0 saturated carbocycles. The molecular formula is C17H23F2IN4O3S2. The average molecular weight is 560 g/mol. The van der Waals surface area contributed by atoms with E-state index in [1.165, 1.54) is 12.1 Å². The third-order valence-corrected chi connectivity index (χ3v) is 6.05. The Labute approximate surface area is 189 Å². The number of rotatable bonds is 8. The van der Waals surface area contributed by atoms with E-state index in [-0.39, 0.29) is 40.5 Å². The van der Waals surface area contributed by atoms with E-state index in [4.69, 9.17) is 5.14 Å². The van der Waals surface area contributed by atoms with Crippen LogP contribution in [0.1, 0.15) is 22.9 Å². The number of nitrogens with two attached hydrogens (primary N) is 1. The van der Waals surface area contributed by atoms with Crippen LogP contribution in [0.3, 0.4) is 0 Å². The van der Waals surface area contributed by atoms with Crippen molar-refractivity contribution in [3.63, 3.8) is 0 Å². The number of benzene rings is 1. The fourth-order valence-electron chi connectivity index (χ4n) is 2.33. The summed E-state index contributed by atoms with van der Waals surface area (Å²) < 4.78 is 52.5. The number of guanidine groups is 1. The molecule has 0 radical (unpaired) electrons. The van der Waals surface area contributed by atoms with Crippen molar-refractivity contribution in [3.8, 4) is 5.75 Å². The molecule has 7 nitrogen and oxygen atoms in total. The van der Waals surface area contributed by atoms with Crippen LogP contribution in [-0.2, 0) is 23.1 Å². The number of primary sulfonamides is 1. The number of halogens is 3. The molecule has 0 bridgehead atoms. The summed E-state index contributed by atoms with van der Waals surface area (Å²) in [5, 5.41) is 11.2. The molecule has 0 amide bonds. The Kier molecular flexibility index (Phi) is 10.2. The van der Waals surface area contributed by atoms with Gasteiger partial charge in [0.1, 0.15) is 9.96 Å². The lowest BCUT2D eigenvalue weighted by Crippen LogP contribution is -2.36. The molecule has 0 fully saturated rings. The van der Waals surface area contributed by atoms with Gasteiger partial charge in [-0.3, -0.25) is 0 Å². The van der Waals surface area contributed by atoms with Crippen LogP contribution in [0.15, 0.2) is 39.5 Å². The van der Waals surface area contributed by atoms with Gasteiger partial charge >= 0.3 is 6.61 Å². The zero-order valence-electron chi connectivity index (χ0n) is 15.8. The monoisotopic (exact) mass is 560 g/mol. The maximum Gasteiger partial charge on any atom is 0.387 e. The summed E-state index contributed by atoms with van der Waals surface area (Å²) >= 11 is 1.06. The number of hydrogen-bond acceptors (Lipinski definition) is 5. The number of ether oxygens (including phenoxy) is 1. The molecule has 0 unspecified atom stereocenters. The molecule has 162 valence electrons. The van der Waals surface area contributed by atoms with Crippen LogP contribution in [-0.4, -0.2) is 27.5 Å². The summed E-state index contributed by atoms with van der Waals surface area (Å²) in [6.45, 7) is 1.88. The van der Waals surface area contributed by atoms with Crippen molar-refractivity contribution >= 4 is 51.3 Å². The van der Waals surface area contributed by atoms with Gasteiger partial charge in [-0.1, -0.05) is 17.7 Å². The van der Waals surface area contributed by atoms with Crippen molar-refractivity contribution in [2.75, 3.05) is 6.54 Å². The standard InChI is InChI=1S/C17H22F2N4O3S2.HI/c1-3-21-17(23-10-13-5-7-15(27-13)28(20,24)25)22-9-12-8-11(2)4-6-14(12)26-16(18)19;/h4-8,16H,3,9-10H2,1-2H3,(H2,20,24,25)(H2,21,22,23);1H. The van der Waals surface area contributed by atoms with Crippen LogP contribution in [0, 0.1) is 6.92 Å². The lowest BCUT2D eigenvalue weighted by molar-refractivity contribution is -0.0504. The second-order valence-electron chi connectivity index (χ2n) is 5.80. The summed E-state index contributed by atoms with van der Waals surface area (Å²) in [6.07, 6.45) is 0. The van der Waals surface area contributed by atoms with Crippen LogP contribution >= 0.6 is 35.3 Å². The van der Waals surface area contributed by atoms with Crippen molar-refractivity contribution in [3.05, 3.63) is 46.3 Å². The van der Waals surface area contributed by atoms with E-state index in [0.717, 1.165) is 21.8 Å². The first-order valence-electron chi connectivity index (χ1n) is 8.37. The predicted octanol–water partition coefficient (Wildman–Crippen LogP) is 3.18. The Morgan fingerprint density at radius 2 is 2.00 bits per heavy atom. The zero-order chi connectivity index (χ0) is 20.7. The quantitative estimate of drug-likeness (QED) is 0.262. The normalized spacial score (nSPS) is 11.9.